The number of anilines is 3. The topological polar surface area (TPSA) is 85.8 Å². The van der Waals surface area contributed by atoms with Crippen molar-refractivity contribution in [1.29, 1.82) is 0 Å². The molecule has 18 heteroatoms. The minimum Gasteiger partial charge on any atom is -0.337 e. The second-order valence-corrected chi connectivity index (χ2v) is 29.8. The van der Waals surface area contributed by atoms with Crippen LogP contribution < -0.4 is 14.7 Å². The summed E-state index contributed by atoms with van der Waals surface area (Å²) in [5.41, 5.74) is -1.49. The fourth-order valence-corrected chi connectivity index (χ4v) is 12.9. The molecule has 4 rings (SSSR count). The van der Waals surface area contributed by atoms with Gasteiger partial charge in [0.05, 0.1) is 19.8 Å². The highest BCUT2D eigenvalue weighted by Gasteiger charge is 2.52. The average Bonchev–Trinajstić information content (AvgIpc) is 3.24. The van der Waals surface area contributed by atoms with Crippen LogP contribution in [0.1, 0.15) is 181 Å². The Hall–Kier alpha value is 1.05. The van der Waals surface area contributed by atoms with Crippen molar-refractivity contribution in [3.05, 3.63) is 0 Å². The van der Waals surface area contributed by atoms with Crippen molar-refractivity contribution >= 4 is 113 Å². The Balaban J connectivity index is 1.95. The first-order valence-electron chi connectivity index (χ1n) is 26.1. The second-order valence-electron chi connectivity index (χ2n) is 24.0. The molecule has 0 spiro atoms. The van der Waals surface area contributed by atoms with Gasteiger partial charge in [-0.05, 0) is 141 Å². The lowest BCUT2D eigenvalue weighted by molar-refractivity contribution is -0.281. The van der Waals surface area contributed by atoms with Gasteiger partial charge in [0.2, 0.25) is 17.8 Å². The Morgan fingerprint density at radius 1 is 0.435 bits per heavy atom. The first-order valence-corrected chi connectivity index (χ1v) is 32.2. The molecule has 3 fully saturated rings. The van der Waals surface area contributed by atoms with Gasteiger partial charge in [0.25, 0.3) is 0 Å². The van der Waals surface area contributed by atoms with Crippen molar-refractivity contribution < 1.29 is 14.5 Å². The predicted molar refractivity (Wildman–Crippen MR) is 313 cm³/mol. The Labute approximate surface area is 471 Å². The van der Waals surface area contributed by atoms with Gasteiger partial charge < -0.3 is 14.7 Å². The molecule has 1 aromatic rings. The third-order valence-electron chi connectivity index (χ3n) is 14.3. The summed E-state index contributed by atoms with van der Waals surface area (Å²) in [6.45, 7) is 39.4. The summed E-state index contributed by atoms with van der Waals surface area (Å²) in [7, 11) is 0. The van der Waals surface area contributed by atoms with Crippen LogP contribution in [-0.2, 0) is 14.5 Å². The van der Waals surface area contributed by atoms with Gasteiger partial charge in [-0.2, -0.15) is 30.1 Å². The average molecular weight is 1360 g/mol. The van der Waals surface area contributed by atoms with Crippen molar-refractivity contribution in [1.82, 2.24) is 30.1 Å². The van der Waals surface area contributed by atoms with Crippen LogP contribution in [-0.4, -0.2) is 151 Å². The quantitative estimate of drug-likeness (QED) is 0.0787. The van der Waals surface area contributed by atoms with E-state index >= 15 is 0 Å². The van der Waals surface area contributed by atoms with E-state index in [0.29, 0.717) is 19.8 Å². The third-order valence-corrected chi connectivity index (χ3v) is 21.0. The molecule has 0 N–H and O–H groups in total. The van der Waals surface area contributed by atoms with E-state index in [-0.39, 0.29) is 65.8 Å². The standard InChI is InChI=1S/C51H93Br6N9O3/c1-16-19-22-61(40-25-46(4,5)64(47(6,7)26-40)67-34-37(55)31-52)43-58-44(62(23-20-17-2)41-27-48(8,9)65(49(10,11)28-41)68-35-38(56)32-53)60-45(59-43)63(24-21-18-3)42-29-50(12,13)66(51(14,15)30-42)69-36-39(57)33-54/h37-42H,16-36H2,1-15H3. The molecule has 0 aromatic carbocycles. The lowest BCUT2D eigenvalue weighted by Crippen LogP contribution is -2.65. The normalized spacial score (nSPS) is 23.4. The first kappa shape index (κ1) is 62.6. The van der Waals surface area contributed by atoms with E-state index < -0.39 is 0 Å². The lowest BCUT2D eigenvalue weighted by Gasteiger charge is -2.56. The zero-order valence-electron chi connectivity index (χ0n) is 45.3. The van der Waals surface area contributed by atoms with Crippen molar-refractivity contribution in [2.45, 2.75) is 247 Å². The SMILES string of the molecule is CCCCN(c1nc(N(CCCC)C2CC(C)(C)N(OCC(Br)CBr)C(C)(C)C2)nc(N(CCCC)C2CC(C)(C)N(OCC(Br)CBr)C(C)(C)C2)n1)C1CC(C)(C)N(OCC(Br)CBr)C(C)(C)C1. The van der Waals surface area contributed by atoms with E-state index in [1.807, 2.05) is 0 Å². The summed E-state index contributed by atoms with van der Waals surface area (Å²) < 4.78 is 0. The number of aromatic nitrogens is 3. The minimum atomic E-state index is -0.248. The molecule has 3 unspecified atom stereocenters. The van der Waals surface area contributed by atoms with Crippen molar-refractivity contribution in [2.24, 2.45) is 0 Å². The minimum absolute atomic E-state index is 0.181. The van der Waals surface area contributed by atoms with Gasteiger partial charge in [0.1, 0.15) is 0 Å². The molecule has 3 aliphatic heterocycles. The third kappa shape index (κ3) is 16.8. The van der Waals surface area contributed by atoms with Crippen molar-refractivity contribution in [3.63, 3.8) is 0 Å². The highest BCUT2D eigenvalue weighted by molar-refractivity contribution is 9.12. The number of nitrogens with zero attached hydrogens (tertiary/aromatic N) is 9. The molecule has 0 saturated carbocycles. The summed E-state index contributed by atoms with van der Waals surface area (Å²) in [6, 6.07) is 0.544. The number of rotatable bonds is 27. The summed E-state index contributed by atoms with van der Waals surface area (Å²) in [4.78, 5) is 45.7. The van der Waals surface area contributed by atoms with Crippen LogP contribution in [0.25, 0.3) is 0 Å². The molecular weight excluding hydrogens is 1270 g/mol. The van der Waals surface area contributed by atoms with E-state index in [2.05, 4.69) is 229 Å². The molecule has 1 aromatic heterocycles. The Morgan fingerprint density at radius 2 is 0.638 bits per heavy atom. The van der Waals surface area contributed by atoms with Gasteiger partial charge in [-0.3, -0.25) is 14.5 Å². The number of unbranched alkanes of at least 4 members (excludes halogenated alkanes) is 3. The molecule has 0 bridgehead atoms. The van der Waals surface area contributed by atoms with E-state index in [1.165, 1.54) is 0 Å². The van der Waals surface area contributed by atoms with E-state index in [1.54, 1.807) is 0 Å². The molecule has 402 valence electrons. The largest absolute Gasteiger partial charge is 0.337 e. The highest BCUT2D eigenvalue weighted by Crippen LogP contribution is 2.46. The molecule has 0 amide bonds. The molecule has 0 radical (unpaired) electrons. The number of hydrogen-bond donors (Lipinski definition) is 0. The number of hydrogen-bond acceptors (Lipinski definition) is 12. The maximum absolute atomic E-state index is 6.69. The van der Waals surface area contributed by atoms with E-state index in [9.17, 15) is 0 Å². The molecule has 3 aliphatic rings. The number of halogens is 6. The summed E-state index contributed by atoms with van der Waals surface area (Å²) in [5, 5.41) is 9.34. The molecule has 69 heavy (non-hydrogen) atoms. The molecule has 3 atom stereocenters. The number of piperidine rings is 3. The fraction of sp³-hybridized carbons (Fsp3) is 0.941. The summed E-state index contributed by atoms with van der Waals surface area (Å²) >= 11 is 22.3. The van der Waals surface area contributed by atoms with Crippen LogP contribution in [0.2, 0.25) is 0 Å². The van der Waals surface area contributed by atoms with Crippen LogP contribution >= 0.6 is 95.6 Å². The van der Waals surface area contributed by atoms with Gasteiger partial charge in [-0.25, -0.2) is 0 Å². The lowest BCUT2D eigenvalue weighted by atomic mass is 9.78. The summed E-state index contributed by atoms with van der Waals surface area (Å²) in [6.07, 6.45) is 11.8. The molecule has 0 aliphatic carbocycles. The number of alkyl halides is 6. The van der Waals surface area contributed by atoms with E-state index in [0.717, 1.165) is 131 Å². The van der Waals surface area contributed by atoms with Crippen molar-refractivity contribution in [3.8, 4) is 0 Å². The zero-order valence-corrected chi connectivity index (χ0v) is 54.8. The molecule has 12 nitrogen and oxygen atoms in total. The first-order chi connectivity index (χ1) is 32.1. The maximum Gasteiger partial charge on any atom is 0.232 e. The number of hydroxylamine groups is 6. The van der Waals surface area contributed by atoms with Crippen molar-refractivity contribution in [2.75, 3.05) is 70.1 Å². The zero-order chi connectivity index (χ0) is 51.8. The van der Waals surface area contributed by atoms with Crippen LogP contribution in [0, 0.1) is 0 Å². The molecular formula is C51H93Br6N9O3. The summed E-state index contributed by atoms with van der Waals surface area (Å²) in [5.74, 6) is 2.39. The van der Waals surface area contributed by atoms with Gasteiger partial charge in [0, 0.05) is 101 Å². The maximum atomic E-state index is 6.69. The Kier molecular flexibility index (Phi) is 24.4. The van der Waals surface area contributed by atoms with E-state index in [4.69, 9.17) is 29.5 Å². The molecule has 4 heterocycles. The Morgan fingerprint density at radius 3 is 0.812 bits per heavy atom. The highest BCUT2D eigenvalue weighted by atomic mass is 79.9. The van der Waals surface area contributed by atoms with Crippen LogP contribution in [0.4, 0.5) is 17.8 Å². The van der Waals surface area contributed by atoms with Crippen LogP contribution in [0.5, 0.6) is 0 Å². The van der Waals surface area contributed by atoms with Crippen LogP contribution in [0.3, 0.4) is 0 Å². The Bertz CT molecular complexity index is 1460. The predicted octanol–water partition coefficient (Wildman–Crippen LogP) is 14.0. The van der Waals surface area contributed by atoms with Gasteiger partial charge in [-0.15, -0.1) is 0 Å². The van der Waals surface area contributed by atoms with Gasteiger partial charge in [-0.1, -0.05) is 136 Å². The monoisotopic (exact) mass is 1350 g/mol. The molecule has 3 saturated heterocycles. The second kappa shape index (κ2) is 26.9. The smallest absolute Gasteiger partial charge is 0.232 e. The van der Waals surface area contributed by atoms with Gasteiger partial charge in [0.15, 0.2) is 0 Å². The van der Waals surface area contributed by atoms with Gasteiger partial charge >= 0.3 is 0 Å². The van der Waals surface area contributed by atoms with Crippen LogP contribution in [0.15, 0.2) is 0 Å². The fourth-order valence-electron chi connectivity index (χ4n) is 12.0.